The van der Waals surface area contributed by atoms with Crippen LogP contribution in [0.3, 0.4) is 0 Å². The Balaban J connectivity index is 2.29. The van der Waals surface area contributed by atoms with Crippen molar-refractivity contribution in [2.24, 2.45) is 16.5 Å². The highest BCUT2D eigenvalue weighted by Gasteiger charge is 2.62. The number of aromatic nitrogens is 1. The molecule has 23 heavy (non-hydrogen) atoms. The van der Waals surface area contributed by atoms with Crippen LogP contribution in [0.1, 0.15) is 12.0 Å². The van der Waals surface area contributed by atoms with Gasteiger partial charge in [0.2, 0.25) is 5.88 Å². The third-order valence-electron chi connectivity index (χ3n) is 4.51. The van der Waals surface area contributed by atoms with E-state index in [1.807, 2.05) is 0 Å². The summed E-state index contributed by atoms with van der Waals surface area (Å²) in [6, 6.07) is 1.38. The molecule has 4 N–H and O–H groups in total. The number of pyridine rings is 1. The van der Waals surface area contributed by atoms with Crippen LogP contribution in [0.25, 0.3) is 0 Å². The van der Waals surface area contributed by atoms with Crippen molar-refractivity contribution >= 4 is 11.9 Å². The Morgan fingerprint density at radius 1 is 1.52 bits per heavy atom. The van der Waals surface area contributed by atoms with Crippen LogP contribution < -0.4 is 16.2 Å². The summed E-state index contributed by atoms with van der Waals surface area (Å²) in [5, 5.41) is 0. The van der Waals surface area contributed by atoms with Crippen LogP contribution in [-0.4, -0.2) is 54.7 Å². The standard InChI is InChI=1S/C14H18FN5O3/c1-20-11(21)13(17)3-4-23-7-14(13,19-12(20)16)8-5-10(22-2)18-6-9(8)15/h5-6H,3-4,7,17H2,1-2H3,(H2,16,19). The number of likely N-dealkylation sites (N-methyl/N-ethyl adjacent to an activating group) is 1. The lowest BCUT2D eigenvalue weighted by Crippen LogP contribution is -2.74. The van der Waals surface area contributed by atoms with E-state index >= 15 is 0 Å². The molecule has 2 unspecified atom stereocenters. The van der Waals surface area contributed by atoms with Gasteiger partial charge in [0.1, 0.15) is 16.9 Å². The third-order valence-corrected chi connectivity index (χ3v) is 4.51. The number of fused-ring (bicyclic) bond motifs is 1. The lowest BCUT2D eigenvalue weighted by Gasteiger charge is -2.51. The first kappa shape index (κ1) is 15.6. The van der Waals surface area contributed by atoms with Gasteiger partial charge in [0.05, 0.1) is 19.9 Å². The molecule has 0 bridgehead atoms. The number of methoxy groups -OCH3 is 1. The van der Waals surface area contributed by atoms with Gasteiger partial charge in [-0.3, -0.25) is 9.69 Å². The summed E-state index contributed by atoms with van der Waals surface area (Å²) in [5.74, 6) is -0.941. The summed E-state index contributed by atoms with van der Waals surface area (Å²) in [6.07, 6.45) is 1.20. The summed E-state index contributed by atoms with van der Waals surface area (Å²) in [7, 11) is 2.89. The number of carbonyl (C=O) groups excluding carboxylic acids is 1. The van der Waals surface area contributed by atoms with Crippen LogP contribution in [-0.2, 0) is 15.1 Å². The molecule has 3 heterocycles. The van der Waals surface area contributed by atoms with E-state index in [-0.39, 0.29) is 37.0 Å². The zero-order chi connectivity index (χ0) is 16.8. The van der Waals surface area contributed by atoms with Gasteiger partial charge in [-0.05, 0) is 0 Å². The molecule has 2 aliphatic rings. The highest BCUT2D eigenvalue weighted by Crippen LogP contribution is 2.45. The Labute approximate surface area is 132 Å². The number of carbonyl (C=O) groups is 1. The number of amides is 1. The minimum atomic E-state index is -1.46. The Morgan fingerprint density at radius 2 is 2.26 bits per heavy atom. The summed E-state index contributed by atoms with van der Waals surface area (Å²) in [4.78, 5) is 22.1. The van der Waals surface area contributed by atoms with Crippen LogP contribution in [0.2, 0.25) is 0 Å². The van der Waals surface area contributed by atoms with E-state index in [1.165, 1.54) is 25.1 Å². The zero-order valence-electron chi connectivity index (χ0n) is 12.9. The molecule has 1 fully saturated rings. The monoisotopic (exact) mass is 323 g/mol. The summed E-state index contributed by atoms with van der Waals surface area (Å²) < 4.78 is 25.0. The number of guanidine groups is 1. The van der Waals surface area contributed by atoms with Crippen LogP contribution in [0.15, 0.2) is 17.3 Å². The first-order chi connectivity index (χ1) is 10.9. The second-order valence-corrected chi connectivity index (χ2v) is 5.67. The van der Waals surface area contributed by atoms with Gasteiger partial charge < -0.3 is 20.9 Å². The van der Waals surface area contributed by atoms with Gasteiger partial charge in [-0.25, -0.2) is 14.4 Å². The van der Waals surface area contributed by atoms with Crippen molar-refractivity contribution in [3.05, 3.63) is 23.6 Å². The fraction of sp³-hybridized carbons (Fsp3) is 0.500. The molecule has 3 rings (SSSR count). The minimum absolute atomic E-state index is 0.0447. The number of hydrogen-bond acceptors (Lipinski definition) is 7. The molecule has 0 aromatic carbocycles. The second-order valence-electron chi connectivity index (χ2n) is 5.67. The molecule has 1 aromatic rings. The van der Waals surface area contributed by atoms with Crippen LogP contribution in [0, 0.1) is 5.82 Å². The molecule has 1 saturated heterocycles. The molecule has 2 atom stereocenters. The molecular formula is C14H18FN5O3. The van der Waals surface area contributed by atoms with Crippen LogP contribution >= 0.6 is 0 Å². The fourth-order valence-electron chi connectivity index (χ4n) is 3.10. The van der Waals surface area contributed by atoms with Gasteiger partial charge in [0, 0.05) is 31.7 Å². The maximum absolute atomic E-state index is 14.5. The number of rotatable bonds is 2. The number of nitrogens with two attached hydrogens (primary N) is 2. The van der Waals surface area contributed by atoms with Gasteiger partial charge >= 0.3 is 0 Å². The van der Waals surface area contributed by atoms with Gasteiger partial charge in [0.15, 0.2) is 5.96 Å². The van der Waals surface area contributed by atoms with Crippen molar-refractivity contribution < 1.29 is 18.7 Å². The molecule has 124 valence electrons. The van der Waals surface area contributed by atoms with Gasteiger partial charge in [-0.15, -0.1) is 0 Å². The zero-order valence-corrected chi connectivity index (χ0v) is 12.9. The lowest BCUT2D eigenvalue weighted by atomic mass is 9.68. The van der Waals surface area contributed by atoms with Gasteiger partial charge in [0.25, 0.3) is 5.91 Å². The highest BCUT2D eigenvalue weighted by molar-refractivity contribution is 6.04. The number of halogens is 1. The quantitative estimate of drug-likeness (QED) is 0.745. The second kappa shape index (κ2) is 5.14. The topological polar surface area (TPSA) is 116 Å². The number of hydrogen-bond donors (Lipinski definition) is 2. The average Bonchev–Trinajstić information content (AvgIpc) is 2.55. The highest BCUT2D eigenvalue weighted by atomic mass is 19.1. The van der Waals surface area contributed by atoms with Crippen LogP contribution in [0.5, 0.6) is 5.88 Å². The molecule has 0 aliphatic carbocycles. The number of ether oxygens (including phenoxy) is 2. The minimum Gasteiger partial charge on any atom is -0.481 e. The molecule has 9 heteroatoms. The maximum Gasteiger partial charge on any atom is 0.252 e. The SMILES string of the molecule is COc1cc(C23COCCC2(N)C(=O)N(C)C(N)=N3)c(F)cn1. The van der Waals surface area contributed by atoms with E-state index in [4.69, 9.17) is 20.9 Å². The largest absolute Gasteiger partial charge is 0.481 e. The fourth-order valence-corrected chi connectivity index (χ4v) is 3.10. The lowest BCUT2D eigenvalue weighted by molar-refractivity contribution is -0.143. The Morgan fingerprint density at radius 3 is 2.96 bits per heavy atom. The van der Waals surface area contributed by atoms with E-state index in [0.717, 1.165) is 6.20 Å². The predicted molar refractivity (Wildman–Crippen MR) is 79.2 cm³/mol. The average molecular weight is 323 g/mol. The first-order valence-electron chi connectivity index (χ1n) is 7.06. The van der Waals surface area contributed by atoms with Crippen molar-refractivity contribution in [3.63, 3.8) is 0 Å². The van der Waals surface area contributed by atoms with E-state index in [2.05, 4.69) is 9.98 Å². The molecule has 0 radical (unpaired) electrons. The Bertz CT molecular complexity index is 697. The van der Waals surface area contributed by atoms with Crippen molar-refractivity contribution in [2.75, 3.05) is 27.4 Å². The molecule has 0 saturated carbocycles. The smallest absolute Gasteiger partial charge is 0.252 e. The number of nitrogens with zero attached hydrogens (tertiary/aromatic N) is 3. The van der Waals surface area contributed by atoms with Gasteiger partial charge in [-0.2, -0.15) is 0 Å². The third kappa shape index (κ3) is 2.00. The Kier molecular flexibility index (Phi) is 3.49. The summed E-state index contributed by atoms with van der Waals surface area (Å²) in [5.41, 5.74) is 9.44. The van der Waals surface area contributed by atoms with E-state index in [1.54, 1.807) is 0 Å². The number of aliphatic imine (C=N–C) groups is 1. The maximum atomic E-state index is 14.5. The predicted octanol–water partition coefficient (Wildman–Crippen LogP) is -0.671. The normalized spacial score (nSPS) is 30.7. The molecule has 0 spiro atoms. The van der Waals surface area contributed by atoms with Crippen LogP contribution in [0.4, 0.5) is 4.39 Å². The first-order valence-corrected chi connectivity index (χ1v) is 7.06. The van der Waals surface area contributed by atoms with E-state index in [9.17, 15) is 9.18 Å². The van der Waals surface area contributed by atoms with E-state index < -0.39 is 22.8 Å². The van der Waals surface area contributed by atoms with E-state index in [0.29, 0.717) is 0 Å². The molecule has 1 amide bonds. The van der Waals surface area contributed by atoms with Crippen molar-refractivity contribution in [1.82, 2.24) is 9.88 Å². The van der Waals surface area contributed by atoms with Gasteiger partial charge in [-0.1, -0.05) is 0 Å². The summed E-state index contributed by atoms with van der Waals surface area (Å²) in [6.45, 7) is 0.213. The Hall–Kier alpha value is -2.26. The molecular weight excluding hydrogens is 305 g/mol. The van der Waals surface area contributed by atoms with Crippen molar-refractivity contribution in [2.45, 2.75) is 17.5 Å². The molecule has 2 aliphatic heterocycles. The summed E-state index contributed by atoms with van der Waals surface area (Å²) >= 11 is 0. The molecule has 8 nitrogen and oxygen atoms in total. The molecule has 1 aromatic heterocycles. The van der Waals surface area contributed by atoms with Crippen molar-refractivity contribution in [3.8, 4) is 5.88 Å². The van der Waals surface area contributed by atoms with Crippen molar-refractivity contribution in [1.29, 1.82) is 0 Å².